The molecule has 2 unspecified atom stereocenters. The standard InChI is InChI=1S/C40H49F4N7O3S/c1-5-24(3)33(48-32(52)21-26-11-7-8-14-30(26)41)36(53)50-39(16-15-31-28(22-39)27-12-9-13-29(35(27)47-31)40(42,43)44)38(54)49-34(25(4)6-2)37(55)46-17-10-19-51-20-18-45-23-51/h7-9,11-14,18,20,23-25,33-34,47H,5-6,10,15-17,19,21-22H2,1-4H3,(H,46,55)(H,48,52)(H,49,54)(H,50,53)/t24?,25-,33+,34?,39-/m1/s1. The van der Waals surface area contributed by atoms with Crippen molar-refractivity contribution in [2.24, 2.45) is 11.8 Å². The van der Waals surface area contributed by atoms with Crippen LogP contribution in [0.4, 0.5) is 17.6 Å². The Balaban J connectivity index is 1.45. The zero-order chi connectivity index (χ0) is 39.9. The quantitative estimate of drug-likeness (QED) is 0.0525. The van der Waals surface area contributed by atoms with Crippen LogP contribution in [0.2, 0.25) is 0 Å². The number of halogens is 4. The number of hydrogen-bond donors (Lipinski definition) is 5. The van der Waals surface area contributed by atoms with Gasteiger partial charge in [-0.25, -0.2) is 9.37 Å². The highest BCUT2D eigenvalue weighted by molar-refractivity contribution is 7.80. The average molecular weight is 784 g/mol. The molecule has 0 saturated heterocycles. The second kappa shape index (κ2) is 17.8. The van der Waals surface area contributed by atoms with Crippen LogP contribution in [0.5, 0.6) is 0 Å². The van der Waals surface area contributed by atoms with Gasteiger partial charge >= 0.3 is 6.18 Å². The van der Waals surface area contributed by atoms with Gasteiger partial charge in [-0.2, -0.15) is 13.2 Å². The van der Waals surface area contributed by atoms with Crippen molar-refractivity contribution in [1.29, 1.82) is 0 Å². The molecule has 0 radical (unpaired) electrons. The number of nitrogens with zero attached hydrogens (tertiary/aromatic N) is 2. The van der Waals surface area contributed by atoms with E-state index in [1.807, 2.05) is 31.5 Å². The Kier molecular flexibility index (Phi) is 13.4. The third-order valence-electron chi connectivity index (χ3n) is 10.8. The molecule has 3 amide bonds. The molecule has 0 saturated carbocycles. The minimum absolute atomic E-state index is 0.0560. The molecule has 1 aliphatic rings. The van der Waals surface area contributed by atoms with Crippen LogP contribution in [-0.4, -0.2) is 61.4 Å². The van der Waals surface area contributed by atoms with E-state index in [1.54, 1.807) is 31.6 Å². The van der Waals surface area contributed by atoms with Gasteiger partial charge in [-0.1, -0.05) is 83.1 Å². The van der Waals surface area contributed by atoms with Gasteiger partial charge in [-0.15, -0.1) is 0 Å². The number of aromatic nitrogens is 3. The second-order valence-electron chi connectivity index (χ2n) is 14.5. The van der Waals surface area contributed by atoms with Gasteiger partial charge in [0.05, 0.1) is 34.9 Å². The first kappa shape index (κ1) is 41.4. The minimum Gasteiger partial charge on any atom is -0.378 e. The first-order chi connectivity index (χ1) is 26.2. The Bertz CT molecular complexity index is 1980. The lowest BCUT2D eigenvalue weighted by Gasteiger charge is -2.40. The molecule has 2 heterocycles. The van der Waals surface area contributed by atoms with Crippen LogP contribution in [0.25, 0.3) is 10.9 Å². The second-order valence-corrected chi connectivity index (χ2v) is 15.0. The third-order valence-corrected chi connectivity index (χ3v) is 11.2. The van der Waals surface area contributed by atoms with E-state index in [-0.39, 0.29) is 42.7 Å². The Hall–Kier alpha value is -4.79. The number of rotatable bonds is 16. The van der Waals surface area contributed by atoms with E-state index in [1.165, 1.54) is 24.3 Å². The van der Waals surface area contributed by atoms with Crippen molar-refractivity contribution in [2.45, 2.75) is 103 Å². The molecular formula is C40H49F4N7O3S. The summed E-state index contributed by atoms with van der Waals surface area (Å²) < 4.78 is 58.6. The number of imidazole rings is 1. The first-order valence-corrected chi connectivity index (χ1v) is 19.2. The summed E-state index contributed by atoms with van der Waals surface area (Å²) in [6, 6.07) is 8.06. The molecule has 5 atom stereocenters. The van der Waals surface area contributed by atoms with Gasteiger partial charge < -0.3 is 30.8 Å². The molecule has 0 fully saturated rings. The van der Waals surface area contributed by atoms with Gasteiger partial charge in [0.15, 0.2) is 0 Å². The number of alkyl halides is 3. The summed E-state index contributed by atoms with van der Waals surface area (Å²) >= 11 is 5.82. The summed E-state index contributed by atoms with van der Waals surface area (Å²) in [5.74, 6) is -2.81. The van der Waals surface area contributed by atoms with Gasteiger partial charge in [0, 0.05) is 43.0 Å². The summed E-state index contributed by atoms with van der Waals surface area (Å²) in [6.07, 6.45) is 2.35. The van der Waals surface area contributed by atoms with E-state index in [4.69, 9.17) is 12.2 Å². The molecule has 0 bridgehead atoms. The van der Waals surface area contributed by atoms with Gasteiger partial charge in [0.1, 0.15) is 17.4 Å². The minimum atomic E-state index is -4.62. The van der Waals surface area contributed by atoms with Gasteiger partial charge in [-0.05, 0) is 54.4 Å². The first-order valence-electron chi connectivity index (χ1n) is 18.8. The lowest BCUT2D eigenvalue weighted by molar-refractivity contribution is -0.137. The smallest absolute Gasteiger partial charge is 0.378 e. The predicted molar refractivity (Wildman–Crippen MR) is 207 cm³/mol. The van der Waals surface area contributed by atoms with E-state index in [2.05, 4.69) is 31.2 Å². The Morgan fingerprint density at radius 3 is 2.42 bits per heavy atom. The van der Waals surface area contributed by atoms with E-state index in [0.717, 1.165) is 12.5 Å². The number of para-hydroxylation sites is 1. The number of hydrogen-bond acceptors (Lipinski definition) is 5. The Labute approximate surface area is 323 Å². The molecule has 296 valence electrons. The molecule has 15 heteroatoms. The van der Waals surface area contributed by atoms with Gasteiger partial charge in [0.2, 0.25) is 17.7 Å². The molecule has 5 N–H and O–H groups in total. The number of benzene rings is 2. The molecule has 1 aliphatic carbocycles. The van der Waals surface area contributed by atoms with Crippen molar-refractivity contribution in [1.82, 2.24) is 35.8 Å². The fourth-order valence-electron chi connectivity index (χ4n) is 7.10. The predicted octanol–water partition coefficient (Wildman–Crippen LogP) is 6.18. The van der Waals surface area contributed by atoms with E-state index in [0.29, 0.717) is 47.6 Å². The van der Waals surface area contributed by atoms with Crippen molar-refractivity contribution in [2.75, 3.05) is 6.54 Å². The average Bonchev–Trinajstić information content (AvgIpc) is 3.82. The maximum absolute atomic E-state index is 14.8. The summed E-state index contributed by atoms with van der Waals surface area (Å²) in [6.45, 7) is 8.81. The van der Waals surface area contributed by atoms with Crippen molar-refractivity contribution in [3.8, 4) is 0 Å². The lowest BCUT2D eigenvalue weighted by atomic mass is 9.78. The molecule has 55 heavy (non-hydrogen) atoms. The number of nitrogens with one attached hydrogen (secondary N) is 5. The lowest BCUT2D eigenvalue weighted by Crippen LogP contribution is -2.67. The summed E-state index contributed by atoms with van der Waals surface area (Å²) in [7, 11) is 0. The molecule has 2 aromatic carbocycles. The van der Waals surface area contributed by atoms with E-state index in [9.17, 15) is 31.9 Å². The normalized spacial score (nSPS) is 17.7. The van der Waals surface area contributed by atoms with Crippen LogP contribution in [0.3, 0.4) is 0 Å². The number of aryl methyl sites for hydroxylation is 2. The molecular weight excluding hydrogens is 735 g/mol. The number of amides is 3. The maximum atomic E-state index is 14.8. The number of fused-ring (bicyclic) bond motifs is 3. The molecule has 2 aromatic heterocycles. The van der Waals surface area contributed by atoms with Crippen molar-refractivity contribution in [3.05, 3.63) is 89.4 Å². The molecule has 10 nitrogen and oxygen atoms in total. The fraction of sp³-hybridized carbons (Fsp3) is 0.475. The summed E-state index contributed by atoms with van der Waals surface area (Å²) in [4.78, 5) is 49.8. The number of aromatic amines is 1. The van der Waals surface area contributed by atoms with Crippen LogP contribution in [0.1, 0.15) is 75.8 Å². The number of thiocarbonyl (C=S) groups is 1. The van der Waals surface area contributed by atoms with Crippen LogP contribution in [0, 0.1) is 17.7 Å². The van der Waals surface area contributed by atoms with Crippen molar-refractivity contribution < 1.29 is 31.9 Å². The zero-order valence-electron chi connectivity index (χ0n) is 31.5. The highest BCUT2D eigenvalue weighted by Crippen LogP contribution is 2.40. The van der Waals surface area contributed by atoms with E-state index >= 15 is 0 Å². The largest absolute Gasteiger partial charge is 0.418 e. The Morgan fingerprint density at radius 1 is 1.02 bits per heavy atom. The molecule has 5 rings (SSSR count). The molecule has 4 aromatic rings. The maximum Gasteiger partial charge on any atom is 0.418 e. The van der Waals surface area contributed by atoms with Crippen molar-refractivity contribution >= 4 is 45.8 Å². The van der Waals surface area contributed by atoms with Crippen LogP contribution in [-0.2, 0) is 46.4 Å². The number of carbonyl (C=O) groups excluding carboxylic acids is 3. The monoisotopic (exact) mass is 783 g/mol. The van der Waals surface area contributed by atoms with Crippen molar-refractivity contribution in [3.63, 3.8) is 0 Å². The SMILES string of the molecule is CCC(C)[C@H](NC(=O)Cc1ccccc1F)C(=O)N[C@]1(C(=O)NC(C(=S)NCCCn2ccnc2)[C@H](C)CC)CCc2[nH]c3c(C(F)(F)F)cccc3c2C1. The summed E-state index contributed by atoms with van der Waals surface area (Å²) in [5, 5.41) is 12.4. The highest BCUT2D eigenvalue weighted by atomic mass is 32.1. The van der Waals surface area contributed by atoms with E-state index < -0.39 is 58.8 Å². The van der Waals surface area contributed by atoms with Crippen LogP contribution >= 0.6 is 12.2 Å². The molecule has 0 aliphatic heterocycles. The van der Waals surface area contributed by atoms with Crippen LogP contribution in [0.15, 0.2) is 61.2 Å². The number of H-pyrrole nitrogens is 1. The van der Waals surface area contributed by atoms with Gasteiger partial charge in [-0.3, -0.25) is 14.4 Å². The number of carbonyl (C=O) groups is 3. The third kappa shape index (κ3) is 9.72. The van der Waals surface area contributed by atoms with Crippen LogP contribution < -0.4 is 21.3 Å². The summed E-state index contributed by atoms with van der Waals surface area (Å²) in [5.41, 5.74) is -1.33. The molecule has 0 spiro atoms. The Morgan fingerprint density at radius 2 is 1.75 bits per heavy atom. The topological polar surface area (TPSA) is 133 Å². The fourth-order valence-corrected chi connectivity index (χ4v) is 7.50. The van der Waals surface area contributed by atoms with Gasteiger partial charge in [0.25, 0.3) is 0 Å². The highest BCUT2D eigenvalue weighted by Gasteiger charge is 2.47. The zero-order valence-corrected chi connectivity index (χ0v) is 32.3.